The number of aromatic nitrogens is 2. The highest BCUT2D eigenvalue weighted by Crippen LogP contribution is 2.27. The lowest BCUT2D eigenvalue weighted by Crippen LogP contribution is -1.98. The zero-order valence-electron chi connectivity index (χ0n) is 10.0. The molecule has 0 atom stereocenters. The molecule has 0 radical (unpaired) electrons. The second-order valence-corrected chi connectivity index (χ2v) is 5.05. The van der Waals surface area contributed by atoms with Gasteiger partial charge in [0.15, 0.2) is 0 Å². The van der Waals surface area contributed by atoms with Crippen LogP contribution in [0.25, 0.3) is 16.7 Å². The van der Waals surface area contributed by atoms with Crippen molar-refractivity contribution in [2.75, 3.05) is 0 Å². The molecule has 3 aromatic rings. The molecule has 1 N–H and O–H groups in total. The minimum absolute atomic E-state index is 0.148. The highest BCUT2D eigenvalue weighted by Gasteiger charge is 2.13. The fourth-order valence-electron chi connectivity index (χ4n) is 2.04. The topological polar surface area (TPSA) is 55.1 Å². The summed E-state index contributed by atoms with van der Waals surface area (Å²) in [7, 11) is 0. The van der Waals surface area contributed by atoms with E-state index in [0.29, 0.717) is 21.2 Å². The summed E-state index contributed by atoms with van der Waals surface area (Å²) in [6, 6.07) is 9.24. The minimum atomic E-state index is -1.02. The van der Waals surface area contributed by atoms with Crippen LogP contribution in [0, 0.1) is 5.82 Å². The highest BCUT2D eigenvalue weighted by atomic mass is 79.9. The van der Waals surface area contributed by atoms with Crippen LogP contribution in [-0.4, -0.2) is 20.6 Å². The Morgan fingerprint density at radius 2 is 2.10 bits per heavy atom. The molecule has 20 heavy (non-hydrogen) atoms. The van der Waals surface area contributed by atoms with E-state index in [2.05, 4.69) is 20.9 Å². The van der Waals surface area contributed by atoms with Gasteiger partial charge in [0, 0.05) is 4.47 Å². The van der Waals surface area contributed by atoms with Crippen molar-refractivity contribution >= 4 is 32.9 Å². The number of hydrogen-bond acceptors (Lipinski definition) is 2. The monoisotopic (exact) mass is 334 g/mol. The first-order chi connectivity index (χ1) is 9.58. The zero-order chi connectivity index (χ0) is 14.3. The van der Waals surface area contributed by atoms with E-state index >= 15 is 0 Å². The molecule has 0 spiro atoms. The van der Waals surface area contributed by atoms with E-state index in [0.717, 1.165) is 0 Å². The fraction of sp³-hybridized carbons (Fsp3) is 0. The van der Waals surface area contributed by atoms with Gasteiger partial charge in [-0.2, -0.15) is 0 Å². The maximum Gasteiger partial charge on any atom is 0.335 e. The van der Waals surface area contributed by atoms with Crippen LogP contribution in [0.1, 0.15) is 10.4 Å². The Morgan fingerprint density at radius 3 is 2.80 bits per heavy atom. The Morgan fingerprint density at radius 1 is 1.30 bits per heavy atom. The smallest absolute Gasteiger partial charge is 0.335 e. The maximum atomic E-state index is 14.0. The quantitative estimate of drug-likeness (QED) is 0.778. The number of halogens is 2. The first-order valence-electron chi connectivity index (χ1n) is 5.72. The van der Waals surface area contributed by atoms with E-state index in [1.54, 1.807) is 22.8 Å². The molecule has 0 saturated heterocycles. The summed E-state index contributed by atoms with van der Waals surface area (Å²) < 4.78 is 16.2. The van der Waals surface area contributed by atoms with Crippen LogP contribution in [0.4, 0.5) is 4.39 Å². The number of para-hydroxylation sites is 1. The van der Waals surface area contributed by atoms with Gasteiger partial charge in [-0.15, -0.1) is 0 Å². The summed E-state index contributed by atoms with van der Waals surface area (Å²) in [4.78, 5) is 15.1. The number of benzene rings is 2. The molecule has 0 aliphatic carbocycles. The van der Waals surface area contributed by atoms with Crippen molar-refractivity contribution in [1.82, 2.24) is 9.55 Å². The van der Waals surface area contributed by atoms with Gasteiger partial charge in [0.1, 0.15) is 12.1 Å². The lowest BCUT2D eigenvalue weighted by molar-refractivity contribution is 0.0697. The van der Waals surface area contributed by atoms with E-state index in [1.807, 2.05) is 0 Å². The van der Waals surface area contributed by atoms with Crippen LogP contribution < -0.4 is 0 Å². The van der Waals surface area contributed by atoms with Gasteiger partial charge >= 0.3 is 5.97 Å². The summed E-state index contributed by atoms with van der Waals surface area (Å²) in [6.45, 7) is 0. The number of fused-ring (bicyclic) bond motifs is 1. The third-order valence-electron chi connectivity index (χ3n) is 2.97. The maximum absolute atomic E-state index is 14.0. The van der Waals surface area contributed by atoms with Crippen molar-refractivity contribution in [2.45, 2.75) is 0 Å². The summed E-state index contributed by atoms with van der Waals surface area (Å²) >= 11 is 3.31. The Kier molecular flexibility index (Phi) is 3.02. The van der Waals surface area contributed by atoms with E-state index in [9.17, 15) is 9.18 Å². The van der Waals surface area contributed by atoms with Gasteiger partial charge in [-0.3, -0.25) is 4.57 Å². The molecule has 0 saturated carbocycles. The van der Waals surface area contributed by atoms with Gasteiger partial charge in [-0.05, 0) is 46.3 Å². The number of carboxylic acid groups (broad SMARTS) is 1. The molecular formula is C14H8BrFN2O2. The lowest BCUT2D eigenvalue weighted by Gasteiger charge is -2.08. The number of hydrogen-bond donors (Lipinski definition) is 1. The van der Waals surface area contributed by atoms with Crippen molar-refractivity contribution in [1.29, 1.82) is 0 Å². The van der Waals surface area contributed by atoms with E-state index in [4.69, 9.17) is 5.11 Å². The molecule has 6 heteroatoms. The molecule has 4 nitrogen and oxygen atoms in total. The molecule has 3 rings (SSSR count). The van der Waals surface area contributed by atoms with Crippen molar-refractivity contribution in [3.05, 3.63) is 58.6 Å². The van der Waals surface area contributed by atoms with Crippen molar-refractivity contribution in [2.24, 2.45) is 0 Å². The number of carboxylic acids is 1. The highest BCUT2D eigenvalue weighted by molar-refractivity contribution is 9.10. The van der Waals surface area contributed by atoms with Crippen LogP contribution in [0.5, 0.6) is 0 Å². The molecule has 1 heterocycles. The lowest BCUT2D eigenvalue weighted by atomic mass is 10.2. The number of aromatic carboxylic acids is 1. The Labute approximate surface area is 121 Å². The first-order valence-corrected chi connectivity index (χ1v) is 6.52. The van der Waals surface area contributed by atoms with Gasteiger partial charge in [0.05, 0.1) is 22.3 Å². The average molecular weight is 335 g/mol. The fourth-order valence-corrected chi connectivity index (χ4v) is 2.58. The van der Waals surface area contributed by atoms with Gasteiger partial charge in [-0.1, -0.05) is 6.07 Å². The standard InChI is InChI=1S/C14H8BrFN2O2/c15-9-2-1-3-10(16)13(9)18-7-17-11-6-8(14(19)20)4-5-12(11)18/h1-7H,(H,19,20). The van der Waals surface area contributed by atoms with Crippen molar-refractivity contribution in [3.8, 4) is 5.69 Å². The molecular weight excluding hydrogens is 327 g/mol. The molecule has 0 fully saturated rings. The predicted octanol–water partition coefficient (Wildman–Crippen LogP) is 3.63. The molecule has 0 unspecified atom stereocenters. The Hall–Kier alpha value is -2.21. The number of carbonyl (C=O) groups is 1. The minimum Gasteiger partial charge on any atom is -0.478 e. The summed E-state index contributed by atoms with van der Waals surface area (Å²) in [5, 5.41) is 8.95. The number of nitrogens with zero attached hydrogens (tertiary/aromatic N) is 2. The van der Waals surface area contributed by atoms with Crippen LogP contribution in [0.15, 0.2) is 47.2 Å². The third kappa shape index (κ3) is 1.98. The Balaban J connectivity index is 2.26. The second kappa shape index (κ2) is 4.72. The summed E-state index contributed by atoms with van der Waals surface area (Å²) in [5.41, 5.74) is 1.63. The SMILES string of the molecule is O=C(O)c1ccc2c(c1)ncn2-c1c(F)cccc1Br. The second-order valence-electron chi connectivity index (χ2n) is 4.19. The largest absolute Gasteiger partial charge is 0.478 e. The van der Waals surface area contributed by atoms with Gasteiger partial charge in [0.2, 0.25) is 0 Å². The predicted molar refractivity (Wildman–Crippen MR) is 75.7 cm³/mol. The zero-order valence-corrected chi connectivity index (χ0v) is 11.6. The summed E-state index contributed by atoms with van der Waals surface area (Å²) in [6.07, 6.45) is 1.47. The third-order valence-corrected chi connectivity index (χ3v) is 3.61. The van der Waals surface area contributed by atoms with Crippen LogP contribution in [0.3, 0.4) is 0 Å². The van der Waals surface area contributed by atoms with Crippen LogP contribution >= 0.6 is 15.9 Å². The van der Waals surface area contributed by atoms with Gasteiger partial charge in [-0.25, -0.2) is 14.2 Å². The molecule has 0 bridgehead atoms. The Bertz CT molecular complexity index is 809. The number of imidazole rings is 1. The van der Waals surface area contributed by atoms with Crippen molar-refractivity contribution in [3.63, 3.8) is 0 Å². The van der Waals surface area contributed by atoms with Crippen LogP contribution in [0.2, 0.25) is 0 Å². The number of rotatable bonds is 2. The summed E-state index contributed by atoms with van der Waals surface area (Å²) in [5.74, 6) is -1.41. The molecule has 0 aliphatic heterocycles. The molecule has 0 amide bonds. The van der Waals surface area contributed by atoms with E-state index < -0.39 is 5.97 Å². The average Bonchev–Trinajstić information content (AvgIpc) is 2.81. The van der Waals surface area contributed by atoms with Gasteiger partial charge in [0.25, 0.3) is 0 Å². The van der Waals surface area contributed by atoms with Crippen LogP contribution in [-0.2, 0) is 0 Å². The first kappa shape index (κ1) is 12.8. The van der Waals surface area contributed by atoms with Crippen molar-refractivity contribution < 1.29 is 14.3 Å². The van der Waals surface area contributed by atoms with Gasteiger partial charge < -0.3 is 5.11 Å². The molecule has 1 aromatic heterocycles. The molecule has 0 aliphatic rings. The molecule has 100 valence electrons. The normalized spacial score (nSPS) is 10.9. The van der Waals surface area contributed by atoms with E-state index in [1.165, 1.54) is 24.5 Å². The molecule has 2 aromatic carbocycles. The van der Waals surface area contributed by atoms with E-state index in [-0.39, 0.29) is 11.4 Å².